The zero-order chi connectivity index (χ0) is 41.5. The molecule has 0 bridgehead atoms. The van der Waals surface area contributed by atoms with Crippen molar-refractivity contribution in [2.75, 3.05) is 43.5 Å². The molecule has 2 fully saturated rings. The van der Waals surface area contributed by atoms with Gasteiger partial charge < -0.3 is 19.1 Å². The van der Waals surface area contributed by atoms with Crippen molar-refractivity contribution in [3.63, 3.8) is 0 Å². The zero-order valence-electron chi connectivity index (χ0n) is 32.1. The van der Waals surface area contributed by atoms with E-state index in [9.17, 15) is 23.6 Å². The summed E-state index contributed by atoms with van der Waals surface area (Å²) in [5.74, 6) is -2.48. The van der Waals surface area contributed by atoms with Gasteiger partial charge in [-0.25, -0.2) is 22.4 Å². The third-order valence-corrected chi connectivity index (χ3v) is 11.5. The van der Waals surface area contributed by atoms with Gasteiger partial charge in [-0.2, -0.15) is 15.2 Å². The summed E-state index contributed by atoms with van der Waals surface area (Å²) in [7, 11) is 1.68. The first-order valence-corrected chi connectivity index (χ1v) is 19.8. The van der Waals surface area contributed by atoms with Gasteiger partial charge in [-0.05, 0) is 76.4 Å². The van der Waals surface area contributed by atoms with Gasteiger partial charge in [-0.1, -0.05) is 23.7 Å². The highest BCUT2D eigenvalue weighted by Gasteiger charge is 2.49. The topological polar surface area (TPSA) is 130 Å². The van der Waals surface area contributed by atoms with Gasteiger partial charge in [0.05, 0.1) is 20.8 Å². The van der Waals surface area contributed by atoms with Gasteiger partial charge in [-0.15, -0.1) is 11.3 Å². The summed E-state index contributed by atoms with van der Waals surface area (Å²) < 4.78 is 77.6. The Bertz CT molecular complexity index is 2470. The minimum atomic E-state index is -1.01. The van der Waals surface area contributed by atoms with Crippen LogP contribution in [0.3, 0.4) is 0 Å². The molecule has 3 aromatic carbocycles. The van der Waals surface area contributed by atoms with Crippen molar-refractivity contribution in [3.05, 3.63) is 70.5 Å². The van der Waals surface area contributed by atoms with Crippen molar-refractivity contribution >= 4 is 66.8 Å². The van der Waals surface area contributed by atoms with Gasteiger partial charge in [0.25, 0.3) is 0 Å². The highest BCUT2D eigenvalue weighted by molar-refractivity contribution is 7.23. The molecule has 7 rings (SSSR count). The maximum Gasteiger partial charge on any atom is 0.412 e. The second-order valence-electron chi connectivity index (χ2n) is 15.4. The van der Waals surface area contributed by atoms with E-state index < -0.39 is 46.8 Å². The average molecular weight is 839 g/mol. The van der Waals surface area contributed by atoms with Crippen LogP contribution in [0.4, 0.5) is 33.2 Å². The number of carbonyl (C=O) groups is 2. The van der Waals surface area contributed by atoms with E-state index in [1.54, 1.807) is 32.7 Å². The highest BCUT2D eigenvalue weighted by Crippen LogP contribution is 2.47. The van der Waals surface area contributed by atoms with Crippen LogP contribution in [0.2, 0.25) is 5.02 Å². The molecule has 0 aliphatic carbocycles. The van der Waals surface area contributed by atoms with Crippen LogP contribution >= 0.6 is 22.9 Å². The Kier molecular flexibility index (Phi) is 11.4. The Balaban J connectivity index is 1.27. The summed E-state index contributed by atoms with van der Waals surface area (Å²) in [5.41, 5.74) is -1.87. The number of nitriles is 1. The van der Waals surface area contributed by atoms with Crippen LogP contribution in [-0.2, 0) is 9.53 Å². The molecule has 2 aliphatic heterocycles. The van der Waals surface area contributed by atoms with Crippen LogP contribution in [0, 0.1) is 28.8 Å². The van der Waals surface area contributed by atoms with Crippen LogP contribution in [0.15, 0.2) is 42.5 Å². The molecule has 0 saturated carbocycles. The fourth-order valence-electron chi connectivity index (χ4n) is 7.66. The number of hydrogen-bond donors (Lipinski definition) is 1. The first-order chi connectivity index (χ1) is 27.6. The molecule has 1 amide bonds. The molecule has 304 valence electrons. The van der Waals surface area contributed by atoms with Gasteiger partial charge >= 0.3 is 18.1 Å². The van der Waals surface area contributed by atoms with E-state index in [0.29, 0.717) is 13.0 Å². The normalized spacial score (nSPS) is 18.0. The lowest BCUT2D eigenvalue weighted by Gasteiger charge is -2.31. The third kappa shape index (κ3) is 8.34. The number of carbonyl (C=O) groups excluding carboxylic acids is 2. The number of fused-ring (bicyclic) bond motifs is 3. The first kappa shape index (κ1) is 40.9. The molecule has 17 heteroatoms. The predicted octanol–water partition coefficient (Wildman–Crippen LogP) is 9.58. The molecule has 11 nitrogen and oxygen atoms in total. The monoisotopic (exact) mass is 838 g/mol. The van der Waals surface area contributed by atoms with E-state index in [-0.39, 0.29) is 97.7 Å². The minimum Gasteiger partial charge on any atom is -0.461 e. The molecule has 58 heavy (non-hydrogen) atoms. The predicted molar refractivity (Wildman–Crippen MR) is 213 cm³/mol. The maximum absolute atomic E-state index is 17.2. The Morgan fingerprint density at radius 3 is 2.71 bits per heavy atom. The number of benzene rings is 3. The number of aromatic nitrogens is 2. The van der Waals surface area contributed by atoms with Crippen molar-refractivity contribution in [1.82, 2.24) is 14.9 Å². The highest BCUT2D eigenvalue weighted by atomic mass is 35.5. The molecule has 0 radical (unpaired) electrons. The summed E-state index contributed by atoms with van der Waals surface area (Å²) in [6.07, 6.45) is 0.204. The summed E-state index contributed by atoms with van der Waals surface area (Å²) >= 11 is 7.67. The Labute approximate surface area is 340 Å². The quantitative estimate of drug-likeness (QED) is 0.0780. The molecule has 4 heterocycles. The van der Waals surface area contributed by atoms with Crippen molar-refractivity contribution in [2.24, 2.45) is 0 Å². The fourth-order valence-corrected chi connectivity index (χ4v) is 9.02. The molecule has 2 aromatic heterocycles. The van der Waals surface area contributed by atoms with E-state index in [1.165, 1.54) is 30.3 Å². The van der Waals surface area contributed by atoms with Gasteiger partial charge in [0.2, 0.25) is 0 Å². The second kappa shape index (κ2) is 16.2. The molecule has 1 N–H and O–H groups in total. The number of esters is 1. The standard InChI is InChI=1S/C41H39ClF4N6O5S/c1-40(2,3)57-39(54)50-37-27(19-47)31-25(11-12-29(45)35(31)58-37)32-28(42)17-26-34(33(32)46)48-38(55-21-41-13-7-15-52(41)20-23(44)18-41)49-36(26)51(4)14-6-10-30(53)56-24-9-5-8-22(43)16-24/h5,8-9,11-12,16-17,23H,6-7,10,13-15,18,20-21H2,1-4H3,(H,50,54)/t23-,41+/m0/s1. The van der Waals surface area contributed by atoms with Gasteiger partial charge in [0.15, 0.2) is 5.82 Å². The molecular formula is C41H39ClF4N6O5S. The number of halogens is 5. The number of amides is 1. The molecule has 5 aromatic rings. The van der Waals surface area contributed by atoms with Crippen molar-refractivity contribution < 1.29 is 41.4 Å². The Morgan fingerprint density at radius 2 is 1.97 bits per heavy atom. The fraction of sp³-hybridized carbons (Fsp3) is 0.390. The van der Waals surface area contributed by atoms with E-state index in [1.807, 2.05) is 6.07 Å². The van der Waals surface area contributed by atoms with Crippen LogP contribution in [0.25, 0.3) is 32.1 Å². The van der Waals surface area contributed by atoms with Gasteiger partial charge in [0.1, 0.15) is 58.2 Å². The minimum absolute atomic E-state index is 0.0000754. The van der Waals surface area contributed by atoms with Gasteiger partial charge in [-0.3, -0.25) is 15.0 Å². The summed E-state index contributed by atoms with van der Waals surface area (Å²) in [4.78, 5) is 38.2. The van der Waals surface area contributed by atoms with Crippen molar-refractivity contribution in [3.8, 4) is 29.0 Å². The van der Waals surface area contributed by atoms with Gasteiger partial charge in [0, 0.05) is 55.4 Å². The van der Waals surface area contributed by atoms with Crippen molar-refractivity contribution in [1.29, 1.82) is 5.26 Å². The first-order valence-electron chi connectivity index (χ1n) is 18.6. The Hall–Kier alpha value is -5.24. The smallest absolute Gasteiger partial charge is 0.412 e. The van der Waals surface area contributed by atoms with E-state index in [0.717, 1.165) is 36.4 Å². The van der Waals surface area contributed by atoms with Crippen LogP contribution < -0.4 is 19.7 Å². The summed E-state index contributed by atoms with van der Waals surface area (Å²) in [6, 6.07) is 10.9. The molecule has 0 spiro atoms. The second-order valence-corrected chi connectivity index (χ2v) is 16.9. The average Bonchev–Trinajstić information content (AvgIpc) is 3.80. The molecular weight excluding hydrogens is 800 g/mol. The molecule has 2 atom stereocenters. The lowest BCUT2D eigenvalue weighted by atomic mass is 9.95. The van der Waals surface area contributed by atoms with Crippen LogP contribution in [-0.4, -0.2) is 77.5 Å². The number of thiophene rings is 1. The lowest BCUT2D eigenvalue weighted by molar-refractivity contribution is -0.134. The van der Waals surface area contributed by atoms with Crippen LogP contribution in [0.5, 0.6) is 11.8 Å². The number of hydrogen-bond acceptors (Lipinski definition) is 11. The number of ether oxygens (including phenoxy) is 3. The third-order valence-electron chi connectivity index (χ3n) is 10.1. The number of nitrogens with one attached hydrogen (secondary N) is 1. The SMILES string of the molecule is CN(CCCC(=O)Oc1cccc(F)c1)c1nc(OC[C@]23CCCN2C[C@@H](F)C3)nc2c(F)c(-c3ccc(F)c4sc(NC(=O)OC(C)(C)C)c(C#N)c34)c(Cl)cc12. The molecule has 0 unspecified atom stereocenters. The number of alkyl halides is 1. The lowest BCUT2D eigenvalue weighted by Crippen LogP contribution is -2.43. The molecule has 2 aliphatic rings. The number of nitrogens with zero attached hydrogens (tertiary/aromatic N) is 5. The zero-order valence-corrected chi connectivity index (χ0v) is 33.6. The van der Waals surface area contributed by atoms with Crippen LogP contribution in [0.1, 0.15) is 58.4 Å². The maximum atomic E-state index is 17.2. The largest absolute Gasteiger partial charge is 0.461 e. The summed E-state index contributed by atoms with van der Waals surface area (Å²) in [5, 5.41) is 12.9. The van der Waals surface area contributed by atoms with E-state index >= 15 is 8.78 Å². The van der Waals surface area contributed by atoms with Crippen molar-refractivity contribution in [2.45, 2.75) is 70.2 Å². The number of rotatable bonds is 11. The molecule has 2 saturated heterocycles. The van der Waals surface area contributed by atoms with E-state index in [2.05, 4.69) is 20.2 Å². The summed E-state index contributed by atoms with van der Waals surface area (Å²) in [6.45, 7) is 6.29. The number of anilines is 2. The Morgan fingerprint density at radius 1 is 1.17 bits per heavy atom. The van der Waals surface area contributed by atoms with E-state index in [4.69, 9.17) is 25.8 Å².